The lowest BCUT2D eigenvalue weighted by atomic mass is 10.0. The summed E-state index contributed by atoms with van der Waals surface area (Å²) in [4.78, 5) is 24.4. The molecule has 0 saturated carbocycles. The Kier molecular flexibility index (Phi) is 9.34. The van der Waals surface area contributed by atoms with Gasteiger partial charge in [-0.05, 0) is 29.3 Å². The molecule has 172 valence electrons. The van der Waals surface area contributed by atoms with Crippen LogP contribution in [0.5, 0.6) is 0 Å². The number of ether oxygens (including phenoxy) is 1. The molecular weight excluding hydrogens is 416 g/mol. The van der Waals surface area contributed by atoms with Gasteiger partial charge in [0.15, 0.2) is 0 Å². The number of anilines is 1. The SMILES string of the molecule is C=C(F)CNCc1ccc(-c2ccc(N3C[C@H](CNC(C)=O)OC3=O)cc2F)cc1.CC. The number of halogens is 2. The average Bonchev–Trinajstić information content (AvgIpc) is 3.14. The van der Waals surface area contributed by atoms with Crippen LogP contribution in [0.2, 0.25) is 0 Å². The number of carbonyl (C=O) groups is 2. The lowest BCUT2D eigenvalue weighted by Crippen LogP contribution is -2.33. The highest BCUT2D eigenvalue weighted by Crippen LogP contribution is 2.29. The van der Waals surface area contributed by atoms with Gasteiger partial charge in [-0.1, -0.05) is 44.7 Å². The lowest BCUT2D eigenvalue weighted by molar-refractivity contribution is -0.119. The Balaban J connectivity index is 0.00000176. The van der Waals surface area contributed by atoms with Crippen molar-refractivity contribution >= 4 is 17.7 Å². The number of hydrogen-bond donors (Lipinski definition) is 2. The Bertz CT molecular complexity index is 948. The normalized spacial score (nSPS) is 15.0. The van der Waals surface area contributed by atoms with Crippen LogP contribution in [0.15, 0.2) is 54.9 Å². The maximum Gasteiger partial charge on any atom is 0.414 e. The van der Waals surface area contributed by atoms with Crippen molar-refractivity contribution in [1.29, 1.82) is 0 Å². The molecule has 2 amide bonds. The van der Waals surface area contributed by atoms with Crippen LogP contribution >= 0.6 is 0 Å². The quantitative estimate of drug-likeness (QED) is 0.625. The van der Waals surface area contributed by atoms with E-state index in [1.54, 1.807) is 24.3 Å². The van der Waals surface area contributed by atoms with Gasteiger partial charge in [0.05, 0.1) is 18.8 Å². The van der Waals surface area contributed by atoms with E-state index in [0.29, 0.717) is 23.4 Å². The molecule has 6 nitrogen and oxygen atoms in total. The van der Waals surface area contributed by atoms with Gasteiger partial charge in [-0.3, -0.25) is 9.69 Å². The molecule has 2 aromatic carbocycles. The average molecular weight is 446 g/mol. The number of amides is 2. The van der Waals surface area contributed by atoms with E-state index in [1.807, 2.05) is 26.0 Å². The van der Waals surface area contributed by atoms with Crippen molar-refractivity contribution < 1.29 is 23.1 Å². The molecule has 2 N–H and O–H groups in total. The first kappa shape index (κ1) is 25.0. The number of nitrogens with one attached hydrogen (secondary N) is 2. The zero-order chi connectivity index (χ0) is 23.7. The number of hydrogen-bond acceptors (Lipinski definition) is 4. The molecule has 0 spiro atoms. The fraction of sp³-hybridized carbons (Fsp3) is 0.333. The second-order valence-electron chi connectivity index (χ2n) is 7.04. The summed E-state index contributed by atoms with van der Waals surface area (Å²) in [5, 5.41) is 5.51. The molecule has 1 aliphatic rings. The Morgan fingerprint density at radius 1 is 1.22 bits per heavy atom. The van der Waals surface area contributed by atoms with Crippen LogP contribution in [0.4, 0.5) is 19.3 Å². The predicted octanol–water partition coefficient (Wildman–Crippen LogP) is 4.55. The minimum absolute atomic E-state index is 0.0858. The van der Waals surface area contributed by atoms with Gasteiger partial charge < -0.3 is 15.4 Å². The molecule has 2 aromatic rings. The molecule has 1 aliphatic heterocycles. The highest BCUT2D eigenvalue weighted by atomic mass is 19.1. The molecule has 32 heavy (non-hydrogen) atoms. The fourth-order valence-corrected chi connectivity index (χ4v) is 3.15. The van der Waals surface area contributed by atoms with Crippen molar-refractivity contribution in [2.24, 2.45) is 0 Å². The molecule has 0 aliphatic carbocycles. The third-order valence-electron chi connectivity index (χ3n) is 4.63. The molecular formula is C24H29F2N3O3. The minimum atomic E-state index is -0.578. The summed E-state index contributed by atoms with van der Waals surface area (Å²) in [5.41, 5.74) is 2.41. The molecule has 8 heteroatoms. The van der Waals surface area contributed by atoms with Crippen LogP contribution in [-0.2, 0) is 16.1 Å². The van der Waals surface area contributed by atoms with Crippen LogP contribution in [0.3, 0.4) is 0 Å². The van der Waals surface area contributed by atoms with E-state index < -0.39 is 23.8 Å². The smallest absolute Gasteiger partial charge is 0.414 e. The second kappa shape index (κ2) is 12.0. The summed E-state index contributed by atoms with van der Waals surface area (Å²) in [6.45, 7) is 9.57. The van der Waals surface area contributed by atoms with Crippen molar-refractivity contribution in [3.8, 4) is 11.1 Å². The zero-order valence-corrected chi connectivity index (χ0v) is 18.6. The van der Waals surface area contributed by atoms with Gasteiger partial charge in [0, 0.05) is 25.6 Å². The number of benzene rings is 2. The molecule has 0 radical (unpaired) electrons. The third-order valence-corrected chi connectivity index (χ3v) is 4.63. The van der Waals surface area contributed by atoms with Crippen LogP contribution < -0.4 is 15.5 Å². The van der Waals surface area contributed by atoms with Crippen molar-refractivity contribution in [3.63, 3.8) is 0 Å². The van der Waals surface area contributed by atoms with Crippen molar-refractivity contribution in [3.05, 3.63) is 66.3 Å². The summed E-state index contributed by atoms with van der Waals surface area (Å²) in [7, 11) is 0. The van der Waals surface area contributed by atoms with Crippen molar-refractivity contribution in [1.82, 2.24) is 10.6 Å². The fourth-order valence-electron chi connectivity index (χ4n) is 3.15. The first-order valence-electron chi connectivity index (χ1n) is 10.5. The van der Waals surface area contributed by atoms with Gasteiger partial charge in [0.25, 0.3) is 0 Å². The molecule has 1 saturated heterocycles. The molecule has 0 bridgehead atoms. The summed E-state index contributed by atoms with van der Waals surface area (Å²) in [6.07, 6.45) is -1.06. The van der Waals surface area contributed by atoms with Gasteiger partial charge >= 0.3 is 6.09 Å². The zero-order valence-electron chi connectivity index (χ0n) is 18.6. The lowest BCUT2D eigenvalue weighted by Gasteiger charge is -2.15. The topological polar surface area (TPSA) is 70.7 Å². The Morgan fingerprint density at radius 3 is 2.50 bits per heavy atom. The van der Waals surface area contributed by atoms with E-state index in [1.165, 1.54) is 17.9 Å². The second-order valence-corrected chi connectivity index (χ2v) is 7.04. The molecule has 0 aromatic heterocycles. The highest BCUT2D eigenvalue weighted by molar-refractivity contribution is 5.90. The van der Waals surface area contributed by atoms with Crippen molar-refractivity contribution in [2.45, 2.75) is 33.4 Å². The molecule has 0 unspecified atom stereocenters. The summed E-state index contributed by atoms with van der Waals surface area (Å²) in [6, 6.07) is 11.8. The maximum absolute atomic E-state index is 14.8. The Hall–Kier alpha value is -3.26. The monoisotopic (exact) mass is 445 g/mol. The Morgan fingerprint density at radius 2 is 1.91 bits per heavy atom. The summed E-state index contributed by atoms with van der Waals surface area (Å²) < 4.78 is 32.6. The standard InChI is InChI=1S/C22H23F2N3O3.C2H6/c1-14(23)10-25-11-16-3-5-17(6-4-16)20-8-7-18(9-21(20)24)27-13-19(30-22(27)29)12-26-15(2)28;1-2/h3-9,19,25H,1,10-13H2,2H3,(H,26,28);1-2H3/t19-;/m0./s1. The first-order valence-corrected chi connectivity index (χ1v) is 10.5. The highest BCUT2D eigenvalue weighted by Gasteiger charge is 2.32. The van der Waals surface area contributed by atoms with Crippen molar-refractivity contribution in [2.75, 3.05) is 24.5 Å². The molecule has 1 heterocycles. The maximum atomic E-state index is 14.8. The largest absolute Gasteiger partial charge is 0.442 e. The molecule has 1 atom stereocenters. The van der Waals surface area contributed by atoms with E-state index in [4.69, 9.17) is 4.74 Å². The van der Waals surface area contributed by atoms with Gasteiger partial charge in [-0.15, -0.1) is 0 Å². The van der Waals surface area contributed by atoms with Crippen LogP contribution in [0.1, 0.15) is 26.3 Å². The summed E-state index contributed by atoms with van der Waals surface area (Å²) >= 11 is 0. The number of rotatable bonds is 8. The number of nitrogens with zero attached hydrogens (tertiary/aromatic N) is 1. The number of cyclic esters (lactones) is 1. The van der Waals surface area contributed by atoms with E-state index >= 15 is 0 Å². The van der Waals surface area contributed by atoms with Crippen LogP contribution in [0, 0.1) is 5.82 Å². The van der Waals surface area contributed by atoms with Crippen LogP contribution in [-0.4, -0.2) is 37.7 Å². The molecule has 1 fully saturated rings. The molecule has 3 rings (SSSR count). The number of carbonyl (C=O) groups excluding carboxylic acids is 2. The van der Waals surface area contributed by atoms with E-state index in [-0.39, 0.29) is 25.5 Å². The first-order chi connectivity index (χ1) is 15.3. The van der Waals surface area contributed by atoms with Gasteiger partial charge in [-0.2, -0.15) is 0 Å². The predicted molar refractivity (Wildman–Crippen MR) is 121 cm³/mol. The van der Waals surface area contributed by atoms with Gasteiger partial charge in [0.1, 0.15) is 17.7 Å². The van der Waals surface area contributed by atoms with E-state index in [9.17, 15) is 18.4 Å². The van der Waals surface area contributed by atoms with Gasteiger partial charge in [-0.25, -0.2) is 13.6 Å². The van der Waals surface area contributed by atoms with Gasteiger partial charge in [0.2, 0.25) is 5.91 Å². The Labute approximate surface area is 187 Å². The summed E-state index contributed by atoms with van der Waals surface area (Å²) in [5.74, 6) is -1.11. The van der Waals surface area contributed by atoms with Crippen LogP contribution in [0.25, 0.3) is 11.1 Å². The minimum Gasteiger partial charge on any atom is -0.442 e. The van der Waals surface area contributed by atoms with E-state index in [0.717, 1.165) is 5.56 Å². The van der Waals surface area contributed by atoms with E-state index in [2.05, 4.69) is 17.2 Å². The third kappa shape index (κ3) is 6.88.